The first-order valence-corrected chi connectivity index (χ1v) is 5.27. The summed E-state index contributed by atoms with van der Waals surface area (Å²) in [4.78, 5) is 11.4. The van der Waals surface area contributed by atoms with Crippen molar-refractivity contribution in [2.45, 2.75) is 12.8 Å². The van der Waals surface area contributed by atoms with Gasteiger partial charge in [0.25, 0.3) is 5.91 Å². The van der Waals surface area contributed by atoms with E-state index in [-0.39, 0.29) is 5.91 Å². The molecule has 3 N–H and O–H groups in total. The zero-order chi connectivity index (χ0) is 10.4. The Hall–Kier alpha value is -0.810. The molecule has 0 atom stereocenters. The van der Waals surface area contributed by atoms with Gasteiger partial charge in [0.2, 0.25) is 0 Å². The summed E-state index contributed by atoms with van der Waals surface area (Å²) >= 11 is 3.13. The van der Waals surface area contributed by atoms with E-state index in [1.54, 1.807) is 12.1 Å². The Morgan fingerprint density at radius 2 is 2.29 bits per heavy atom. The molecular weight excluding hydrogens is 248 g/mol. The average Bonchev–Trinajstić information content (AvgIpc) is 2.59. The topological polar surface area (TPSA) is 68.3 Å². The number of amides is 1. The van der Waals surface area contributed by atoms with E-state index in [1.807, 2.05) is 0 Å². The normalized spacial score (nSPS) is 10.1. The fourth-order valence-electron chi connectivity index (χ4n) is 0.995. The molecule has 0 spiro atoms. The number of hydrogen-bond acceptors (Lipinski definition) is 3. The first-order chi connectivity index (χ1) is 6.74. The third kappa shape index (κ3) is 3.51. The van der Waals surface area contributed by atoms with Crippen molar-refractivity contribution in [3.05, 3.63) is 22.6 Å². The minimum Gasteiger partial charge on any atom is -0.444 e. The van der Waals surface area contributed by atoms with Crippen molar-refractivity contribution in [2.75, 3.05) is 13.1 Å². The lowest BCUT2D eigenvalue weighted by atomic mass is 10.3. The Morgan fingerprint density at radius 1 is 1.50 bits per heavy atom. The molecule has 78 valence electrons. The molecule has 0 radical (unpaired) electrons. The number of nitrogens with two attached hydrogens (primary N) is 1. The van der Waals surface area contributed by atoms with E-state index in [2.05, 4.69) is 21.2 Å². The van der Waals surface area contributed by atoms with Gasteiger partial charge >= 0.3 is 0 Å². The van der Waals surface area contributed by atoms with Crippen LogP contribution in [-0.2, 0) is 0 Å². The molecule has 0 bridgehead atoms. The van der Waals surface area contributed by atoms with Gasteiger partial charge in [-0.2, -0.15) is 0 Å². The second kappa shape index (κ2) is 5.82. The Morgan fingerprint density at radius 3 is 2.86 bits per heavy atom. The molecule has 14 heavy (non-hydrogen) atoms. The highest BCUT2D eigenvalue weighted by atomic mass is 79.9. The smallest absolute Gasteiger partial charge is 0.287 e. The van der Waals surface area contributed by atoms with Crippen molar-refractivity contribution in [2.24, 2.45) is 5.73 Å². The van der Waals surface area contributed by atoms with Gasteiger partial charge in [0.05, 0.1) is 0 Å². The number of furan rings is 1. The van der Waals surface area contributed by atoms with Crippen LogP contribution in [0.1, 0.15) is 23.4 Å². The molecule has 1 rings (SSSR count). The Bertz CT molecular complexity index is 299. The maximum Gasteiger partial charge on any atom is 0.287 e. The first kappa shape index (κ1) is 11.3. The van der Waals surface area contributed by atoms with Crippen LogP contribution in [0.5, 0.6) is 0 Å². The van der Waals surface area contributed by atoms with Crippen molar-refractivity contribution in [3.8, 4) is 0 Å². The molecule has 0 aromatic carbocycles. The predicted octanol–water partition coefficient (Wildman–Crippen LogP) is 1.51. The summed E-state index contributed by atoms with van der Waals surface area (Å²) in [6.45, 7) is 1.29. The van der Waals surface area contributed by atoms with Crippen LogP contribution in [0.4, 0.5) is 0 Å². The van der Waals surface area contributed by atoms with Crippen LogP contribution in [0.2, 0.25) is 0 Å². The summed E-state index contributed by atoms with van der Waals surface area (Å²) < 4.78 is 5.64. The van der Waals surface area contributed by atoms with Gasteiger partial charge in [-0.15, -0.1) is 0 Å². The highest BCUT2D eigenvalue weighted by Crippen LogP contribution is 2.13. The fraction of sp³-hybridized carbons (Fsp3) is 0.444. The van der Waals surface area contributed by atoms with Crippen molar-refractivity contribution in [1.29, 1.82) is 0 Å². The SMILES string of the molecule is NCCCCNC(=O)c1ccc(Br)o1. The van der Waals surface area contributed by atoms with Crippen LogP contribution in [0, 0.1) is 0 Å². The molecule has 0 unspecified atom stereocenters. The van der Waals surface area contributed by atoms with Crippen LogP contribution >= 0.6 is 15.9 Å². The molecule has 1 heterocycles. The number of rotatable bonds is 5. The number of hydrogen-bond donors (Lipinski definition) is 2. The maximum atomic E-state index is 11.4. The van der Waals surface area contributed by atoms with E-state index in [0.717, 1.165) is 12.8 Å². The van der Waals surface area contributed by atoms with Crippen LogP contribution in [-0.4, -0.2) is 19.0 Å². The largest absolute Gasteiger partial charge is 0.444 e. The highest BCUT2D eigenvalue weighted by Gasteiger charge is 2.08. The summed E-state index contributed by atoms with van der Waals surface area (Å²) in [5.41, 5.74) is 5.32. The number of halogens is 1. The highest BCUT2D eigenvalue weighted by molar-refractivity contribution is 9.10. The Balaban J connectivity index is 2.29. The summed E-state index contributed by atoms with van der Waals surface area (Å²) in [7, 11) is 0. The molecule has 5 heteroatoms. The van der Waals surface area contributed by atoms with Gasteiger partial charge in [-0.3, -0.25) is 4.79 Å². The Kier molecular flexibility index (Phi) is 4.69. The van der Waals surface area contributed by atoms with Gasteiger partial charge in [-0.05, 0) is 47.4 Å². The molecule has 0 fully saturated rings. The van der Waals surface area contributed by atoms with Crippen LogP contribution in [0.3, 0.4) is 0 Å². The number of carbonyl (C=O) groups is 1. The van der Waals surface area contributed by atoms with Gasteiger partial charge in [-0.1, -0.05) is 0 Å². The van der Waals surface area contributed by atoms with E-state index in [0.29, 0.717) is 23.5 Å². The van der Waals surface area contributed by atoms with Gasteiger partial charge < -0.3 is 15.5 Å². The molecule has 0 saturated carbocycles. The summed E-state index contributed by atoms with van der Waals surface area (Å²) in [5.74, 6) is 0.136. The van der Waals surface area contributed by atoms with E-state index in [9.17, 15) is 4.79 Å². The van der Waals surface area contributed by atoms with E-state index < -0.39 is 0 Å². The first-order valence-electron chi connectivity index (χ1n) is 4.47. The second-order valence-corrected chi connectivity index (χ2v) is 3.64. The standard InChI is InChI=1S/C9H13BrN2O2/c10-8-4-3-7(14-8)9(13)12-6-2-1-5-11/h3-4H,1-2,5-6,11H2,(H,12,13). The second-order valence-electron chi connectivity index (χ2n) is 2.86. The summed E-state index contributed by atoms with van der Waals surface area (Å²) in [5, 5.41) is 2.74. The molecule has 0 aliphatic rings. The summed E-state index contributed by atoms with van der Waals surface area (Å²) in [6.07, 6.45) is 1.81. The number of nitrogens with one attached hydrogen (secondary N) is 1. The zero-order valence-electron chi connectivity index (χ0n) is 7.75. The molecule has 0 aliphatic heterocycles. The van der Waals surface area contributed by atoms with Gasteiger partial charge in [0.15, 0.2) is 10.4 Å². The lowest BCUT2D eigenvalue weighted by molar-refractivity contribution is 0.0924. The van der Waals surface area contributed by atoms with E-state index in [1.165, 1.54) is 0 Å². The lowest BCUT2D eigenvalue weighted by Gasteiger charge is -2.01. The molecular formula is C9H13BrN2O2. The molecule has 1 amide bonds. The minimum absolute atomic E-state index is 0.187. The molecule has 0 aliphatic carbocycles. The Labute approximate surface area is 91.0 Å². The van der Waals surface area contributed by atoms with Gasteiger partial charge in [0.1, 0.15) is 0 Å². The molecule has 1 aromatic rings. The van der Waals surface area contributed by atoms with Crippen LogP contribution < -0.4 is 11.1 Å². The van der Waals surface area contributed by atoms with E-state index >= 15 is 0 Å². The van der Waals surface area contributed by atoms with Crippen LogP contribution in [0.15, 0.2) is 21.2 Å². The maximum absolute atomic E-state index is 11.4. The predicted molar refractivity (Wildman–Crippen MR) is 57.0 cm³/mol. The van der Waals surface area contributed by atoms with Crippen molar-refractivity contribution < 1.29 is 9.21 Å². The molecule has 4 nitrogen and oxygen atoms in total. The number of unbranched alkanes of at least 4 members (excludes halogenated alkanes) is 1. The van der Waals surface area contributed by atoms with Crippen molar-refractivity contribution in [1.82, 2.24) is 5.32 Å². The molecule has 0 saturated heterocycles. The average molecular weight is 261 g/mol. The minimum atomic E-state index is -0.187. The van der Waals surface area contributed by atoms with Crippen molar-refractivity contribution >= 4 is 21.8 Å². The number of carbonyl (C=O) groups excluding carboxylic acids is 1. The quantitative estimate of drug-likeness (QED) is 0.789. The molecule has 1 aromatic heterocycles. The van der Waals surface area contributed by atoms with Gasteiger partial charge in [0, 0.05) is 6.54 Å². The third-order valence-electron chi connectivity index (χ3n) is 1.71. The monoisotopic (exact) mass is 260 g/mol. The van der Waals surface area contributed by atoms with Gasteiger partial charge in [-0.25, -0.2) is 0 Å². The summed E-state index contributed by atoms with van der Waals surface area (Å²) in [6, 6.07) is 3.32. The van der Waals surface area contributed by atoms with Crippen molar-refractivity contribution in [3.63, 3.8) is 0 Å². The van der Waals surface area contributed by atoms with E-state index in [4.69, 9.17) is 10.2 Å². The fourth-order valence-corrected chi connectivity index (χ4v) is 1.30. The third-order valence-corrected chi connectivity index (χ3v) is 2.14. The van der Waals surface area contributed by atoms with Crippen LogP contribution in [0.25, 0.3) is 0 Å². The lowest BCUT2D eigenvalue weighted by Crippen LogP contribution is -2.24. The zero-order valence-corrected chi connectivity index (χ0v) is 9.34.